The van der Waals surface area contributed by atoms with Crippen LogP contribution in [0.1, 0.15) is 21.5 Å². The molecule has 0 radical (unpaired) electrons. The summed E-state index contributed by atoms with van der Waals surface area (Å²) >= 11 is 5.87. The van der Waals surface area contributed by atoms with Crippen molar-refractivity contribution < 1.29 is 14.7 Å². The van der Waals surface area contributed by atoms with E-state index >= 15 is 0 Å². The van der Waals surface area contributed by atoms with Crippen LogP contribution in [-0.2, 0) is 11.3 Å². The SMILES string of the molecule is N#Cc1ccccc1N1CCN(C(=O)Cn2ccc3c(/C=N/NC(=O)c4ccc(O)c(Cl)c4)cccc32)CC1. The van der Waals surface area contributed by atoms with Crippen molar-refractivity contribution in [3.05, 3.63) is 94.6 Å². The summed E-state index contributed by atoms with van der Waals surface area (Å²) in [6.45, 7) is 2.71. The highest BCUT2D eigenvalue weighted by atomic mass is 35.5. The number of anilines is 1. The fourth-order valence-electron chi connectivity index (χ4n) is 4.66. The number of nitrogens with zero attached hydrogens (tertiary/aromatic N) is 5. The first-order chi connectivity index (χ1) is 18.9. The second-order valence-electron chi connectivity index (χ2n) is 9.09. The molecule has 3 aromatic carbocycles. The lowest BCUT2D eigenvalue weighted by molar-refractivity contribution is -0.132. The fourth-order valence-corrected chi connectivity index (χ4v) is 4.84. The third kappa shape index (κ3) is 5.56. The summed E-state index contributed by atoms with van der Waals surface area (Å²) in [5, 5.41) is 24.0. The van der Waals surface area contributed by atoms with Gasteiger partial charge in [-0.3, -0.25) is 9.59 Å². The zero-order chi connectivity index (χ0) is 27.4. The van der Waals surface area contributed by atoms with Crippen LogP contribution in [0.2, 0.25) is 5.02 Å². The van der Waals surface area contributed by atoms with E-state index < -0.39 is 5.91 Å². The minimum atomic E-state index is -0.459. The van der Waals surface area contributed by atoms with E-state index in [-0.39, 0.29) is 28.8 Å². The Morgan fingerprint density at radius 1 is 1.05 bits per heavy atom. The van der Waals surface area contributed by atoms with Crippen LogP contribution in [0.25, 0.3) is 10.9 Å². The third-order valence-corrected chi connectivity index (χ3v) is 7.03. The maximum absolute atomic E-state index is 13.1. The molecule has 5 rings (SSSR count). The lowest BCUT2D eigenvalue weighted by Crippen LogP contribution is -2.49. The van der Waals surface area contributed by atoms with E-state index in [9.17, 15) is 20.0 Å². The Kier molecular flexibility index (Phi) is 7.48. The Morgan fingerprint density at radius 3 is 2.62 bits per heavy atom. The van der Waals surface area contributed by atoms with Gasteiger partial charge in [0.15, 0.2) is 0 Å². The van der Waals surface area contributed by atoms with Crippen molar-refractivity contribution in [2.45, 2.75) is 6.54 Å². The zero-order valence-electron chi connectivity index (χ0n) is 20.9. The molecule has 0 bridgehead atoms. The molecule has 2 heterocycles. The van der Waals surface area contributed by atoms with Crippen LogP contribution in [0.3, 0.4) is 0 Å². The van der Waals surface area contributed by atoms with Gasteiger partial charge >= 0.3 is 0 Å². The van der Waals surface area contributed by atoms with E-state index in [1.165, 1.54) is 18.2 Å². The van der Waals surface area contributed by atoms with Gasteiger partial charge < -0.3 is 19.5 Å². The molecule has 1 aromatic heterocycles. The van der Waals surface area contributed by atoms with Gasteiger partial charge in [0.2, 0.25) is 5.91 Å². The summed E-state index contributed by atoms with van der Waals surface area (Å²) < 4.78 is 1.91. The summed E-state index contributed by atoms with van der Waals surface area (Å²) in [6, 6.07) is 21.5. The maximum Gasteiger partial charge on any atom is 0.271 e. The van der Waals surface area contributed by atoms with E-state index in [1.807, 2.05) is 64.2 Å². The van der Waals surface area contributed by atoms with Gasteiger partial charge in [-0.15, -0.1) is 0 Å². The molecule has 0 spiro atoms. The van der Waals surface area contributed by atoms with Gasteiger partial charge in [0.05, 0.1) is 22.5 Å². The van der Waals surface area contributed by atoms with Crippen LogP contribution in [0.15, 0.2) is 78.0 Å². The number of aromatic nitrogens is 1. The molecule has 2 amide bonds. The third-order valence-electron chi connectivity index (χ3n) is 6.73. The van der Waals surface area contributed by atoms with Crippen LogP contribution in [-0.4, -0.2) is 58.8 Å². The number of rotatable bonds is 6. The first-order valence-corrected chi connectivity index (χ1v) is 12.7. The zero-order valence-corrected chi connectivity index (χ0v) is 21.7. The predicted octanol–water partition coefficient (Wildman–Crippen LogP) is 3.98. The summed E-state index contributed by atoms with van der Waals surface area (Å²) in [7, 11) is 0. The number of fused-ring (bicyclic) bond motifs is 1. The molecule has 2 N–H and O–H groups in total. The van der Waals surface area contributed by atoms with Crippen molar-refractivity contribution in [1.82, 2.24) is 14.9 Å². The molecule has 9 nitrogen and oxygen atoms in total. The monoisotopic (exact) mass is 540 g/mol. The number of para-hydroxylation sites is 1. The first kappa shape index (κ1) is 25.8. The normalized spacial score (nSPS) is 13.5. The topological polar surface area (TPSA) is 114 Å². The van der Waals surface area contributed by atoms with E-state index in [0.717, 1.165) is 22.2 Å². The van der Waals surface area contributed by atoms with Crippen LogP contribution >= 0.6 is 11.6 Å². The number of amides is 2. The lowest BCUT2D eigenvalue weighted by atomic mass is 10.1. The lowest BCUT2D eigenvalue weighted by Gasteiger charge is -2.36. The van der Waals surface area contributed by atoms with Crippen LogP contribution in [0, 0.1) is 11.3 Å². The number of aromatic hydroxyl groups is 1. The number of hydrogen-bond acceptors (Lipinski definition) is 6. The van der Waals surface area contributed by atoms with Crippen molar-refractivity contribution in [3.8, 4) is 11.8 Å². The molecular weight excluding hydrogens is 516 g/mol. The number of phenols is 1. The van der Waals surface area contributed by atoms with Crippen molar-refractivity contribution in [3.63, 3.8) is 0 Å². The van der Waals surface area contributed by atoms with Gasteiger partial charge in [0.1, 0.15) is 18.4 Å². The average Bonchev–Trinajstić information content (AvgIpc) is 3.37. The van der Waals surface area contributed by atoms with Crippen molar-refractivity contribution in [1.29, 1.82) is 5.26 Å². The van der Waals surface area contributed by atoms with Gasteiger partial charge in [-0.2, -0.15) is 10.4 Å². The number of benzene rings is 3. The standard InChI is InChI=1S/C29H25ClN6O3/c30-24-16-20(8-9-27(24)37)29(39)33-32-18-22-5-3-7-26-23(22)10-11-36(26)19-28(38)35-14-12-34(13-15-35)25-6-2-1-4-21(25)17-31/h1-11,16,18,37H,12-15,19H2,(H,33,39)/b32-18+. The minimum absolute atomic E-state index is 0.0274. The van der Waals surface area contributed by atoms with Crippen molar-refractivity contribution >= 4 is 46.2 Å². The van der Waals surface area contributed by atoms with Gasteiger partial charge in [-0.25, -0.2) is 5.43 Å². The minimum Gasteiger partial charge on any atom is -0.506 e. The summed E-state index contributed by atoms with van der Waals surface area (Å²) in [4.78, 5) is 29.5. The number of nitriles is 1. The second kappa shape index (κ2) is 11.3. The van der Waals surface area contributed by atoms with Crippen molar-refractivity contribution in [2.24, 2.45) is 5.10 Å². The van der Waals surface area contributed by atoms with Gasteiger partial charge in [0, 0.05) is 54.4 Å². The van der Waals surface area contributed by atoms with E-state index in [4.69, 9.17) is 11.6 Å². The molecule has 0 atom stereocenters. The molecular formula is C29H25ClN6O3. The van der Waals surface area contributed by atoms with Gasteiger partial charge in [0.25, 0.3) is 5.91 Å². The maximum atomic E-state index is 13.1. The molecule has 1 fully saturated rings. The van der Waals surface area contributed by atoms with E-state index in [1.54, 1.807) is 6.21 Å². The Balaban J connectivity index is 1.22. The predicted molar refractivity (Wildman–Crippen MR) is 150 cm³/mol. The number of carbonyl (C=O) groups is 2. The molecule has 196 valence electrons. The van der Waals surface area contributed by atoms with Crippen LogP contribution in [0.5, 0.6) is 5.75 Å². The Bertz CT molecular complexity index is 1620. The summed E-state index contributed by atoms with van der Waals surface area (Å²) in [6.07, 6.45) is 3.42. The molecule has 10 heteroatoms. The fraction of sp³-hybridized carbons (Fsp3) is 0.172. The number of phenolic OH excluding ortho intramolecular Hbond substituents is 1. The number of hydrazone groups is 1. The Hall–Kier alpha value is -4.81. The Labute approximate surface area is 230 Å². The molecule has 1 aliphatic rings. The smallest absolute Gasteiger partial charge is 0.271 e. The molecule has 1 saturated heterocycles. The van der Waals surface area contributed by atoms with Crippen molar-refractivity contribution in [2.75, 3.05) is 31.1 Å². The first-order valence-electron chi connectivity index (χ1n) is 12.4. The number of carbonyl (C=O) groups excluding carboxylic acids is 2. The largest absolute Gasteiger partial charge is 0.506 e. The highest BCUT2D eigenvalue weighted by molar-refractivity contribution is 6.32. The average molecular weight is 541 g/mol. The summed E-state index contributed by atoms with van der Waals surface area (Å²) in [5.41, 5.74) is 5.94. The highest BCUT2D eigenvalue weighted by Gasteiger charge is 2.23. The molecule has 0 unspecified atom stereocenters. The van der Waals surface area contributed by atoms with E-state index in [2.05, 4.69) is 21.5 Å². The second-order valence-corrected chi connectivity index (χ2v) is 9.49. The summed E-state index contributed by atoms with van der Waals surface area (Å²) in [5.74, 6) is -0.533. The molecule has 39 heavy (non-hydrogen) atoms. The highest BCUT2D eigenvalue weighted by Crippen LogP contribution is 2.24. The van der Waals surface area contributed by atoms with E-state index in [0.29, 0.717) is 31.7 Å². The van der Waals surface area contributed by atoms with Gasteiger partial charge in [-0.1, -0.05) is 35.9 Å². The molecule has 0 aliphatic carbocycles. The van der Waals surface area contributed by atoms with Gasteiger partial charge in [-0.05, 0) is 42.5 Å². The van der Waals surface area contributed by atoms with Crippen LogP contribution in [0.4, 0.5) is 5.69 Å². The molecule has 4 aromatic rings. The number of piperazine rings is 1. The molecule has 0 saturated carbocycles. The Morgan fingerprint density at radius 2 is 1.85 bits per heavy atom. The number of halogens is 1. The number of nitrogens with one attached hydrogen (secondary N) is 1. The molecule has 1 aliphatic heterocycles. The quantitative estimate of drug-likeness (QED) is 0.283. The number of hydrogen-bond donors (Lipinski definition) is 2. The van der Waals surface area contributed by atoms with Crippen LogP contribution < -0.4 is 10.3 Å².